The largest absolute Gasteiger partial charge is 0.293 e. The Balaban J connectivity index is 2.77. The minimum atomic E-state index is 0.799. The van der Waals surface area contributed by atoms with Gasteiger partial charge < -0.3 is 0 Å². The smallest absolute Gasteiger partial charge is 0.0414 e. The van der Waals surface area contributed by atoms with E-state index in [0.717, 1.165) is 12.4 Å². The third-order valence-electron chi connectivity index (χ3n) is 2.18. The monoisotopic (exact) mass is 195 g/mol. The van der Waals surface area contributed by atoms with Gasteiger partial charge in [0.15, 0.2) is 0 Å². The molecular formula is C11H17NS. The summed E-state index contributed by atoms with van der Waals surface area (Å²) in [7, 11) is 2.08. The number of nitrogens with zero attached hydrogens (tertiary/aromatic N) is 1. The zero-order chi connectivity index (χ0) is 9.84. The number of aryl methyl sites for hydroxylation is 2. The second kappa shape index (κ2) is 4.68. The summed E-state index contributed by atoms with van der Waals surface area (Å²) in [5, 5.41) is 0. The molecule has 0 saturated heterocycles. The fourth-order valence-corrected chi connectivity index (χ4v) is 1.46. The molecule has 0 amide bonds. The predicted octanol–water partition coefficient (Wildman–Crippen LogP) is 2.62. The van der Waals surface area contributed by atoms with Gasteiger partial charge >= 0.3 is 0 Å². The lowest BCUT2D eigenvalue weighted by Crippen LogP contribution is -2.16. The third kappa shape index (κ3) is 3.05. The van der Waals surface area contributed by atoms with Gasteiger partial charge in [-0.2, -0.15) is 12.6 Å². The van der Waals surface area contributed by atoms with E-state index < -0.39 is 0 Å². The van der Waals surface area contributed by atoms with Crippen molar-refractivity contribution < 1.29 is 0 Å². The Bertz CT molecular complexity index is 283. The van der Waals surface area contributed by atoms with E-state index in [0.29, 0.717) is 0 Å². The molecule has 1 aromatic carbocycles. The summed E-state index contributed by atoms with van der Waals surface area (Å²) >= 11 is 4.23. The molecule has 0 atom stereocenters. The Hall–Kier alpha value is -0.470. The van der Waals surface area contributed by atoms with Crippen molar-refractivity contribution in [2.45, 2.75) is 20.4 Å². The zero-order valence-electron chi connectivity index (χ0n) is 8.54. The Morgan fingerprint density at radius 2 is 2.00 bits per heavy atom. The van der Waals surface area contributed by atoms with Crippen LogP contribution in [0.25, 0.3) is 0 Å². The molecule has 0 aromatic heterocycles. The second-order valence-corrected chi connectivity index (χ2v) is 3.87. The molecule has 1 nitrogen and oxygen atoms in total. The van der Waals surface area contributed by atoms with E-state index in [4.69, 9.17) is 0 Å². The van der Waals surface area contributed by atoms with Gasteiger partial charge in [0.25, 0.3) is 0 Å². The van der Waals surface area contributed by atoms with Crippen molar-refractivity contribution in [2.75, 3.05) is 12.9 Å². The lowest BCUT2D eigenvalue weighted by molar-refractivity contribution is 0.386. The summed E-state index contributed by atoms with van der Waals surface area (Å²) < 4.78 is 0. The Morgan fingerprint density at radius 3 is 2.54 bits per heavy atom. The van der Waals surface area contributed by atoms with Crippen LogP contribution in [-0.4, -0.2) is 17.8 Å². The normalized spacial score (nSPS) is 10.8. The molecule has 0 N–H and O–H groups in total. The van der Waals surface area contributed by atoms with Crippen LogP contribution in [0.2, 0.25) is 0 Å². The molecule has 0 spiro atoms. The van der Waals surface area contributed by atoms with Crippen molar-refractivity contribution in [2.24, 2.45) is 0 Å². The Labute approximate surface area is 86.2 Å². The van der Waals surface area contributed by atoms with Gasteiger partial charge in [0.05, 0.1) is 0 Å². The maximum absolute atomic E-state index is 4.23. The van der Waals surface area contributed by atoms with Crippen molar-refractivity contribution in [1.82, 2.24) is 4.90 Å². The van der Waals surface area contributed by atoms with Crippen LogP contribution in [0, 0.1) is 13.8 Å². The molecule has 13 heavy (non-hydrogen) atoms. The fraction of sp³-hybridized carbons (Fsp3) is 0.455. The van der Waals surface area contributed by atoms with Gasteiger partial charge in [-0.3, -0.25) is 4.90 Å². The van der Waals surface area contributed by atoms with Crippen LogP contribution in [0.4, 0.5) is 0 Å². The van der Waals surface area contributed by atoms with Gasteiger partial charge in [-0.15, -0.1) is 0 Å². The standard InChI is InChI=1S/C11H17NS/c1-9-4-5-11(10(2)6-9)7-12(3)8-13/h4-6,13H,7-8H2,1-3H3. The molecule has 0 aliphatic carbocycles. The SMILES string of the molecule is Cc1ccc(CN(C)CS)c(C)c1. The lowest BCUT2D eigenvalue weighted by Gasteiger charge is -2.15. The van der Waals surface area contributed by atoms with Gasteiger partial charge in [0, 0.05) is 12.4 Å². The molecule has 0 unspecified atom stereocenters. The average molecular weight is 195 g/mol. The molecule has 0 bridgehead atoms. The van der Waals surface area contributed by atoms with Gasteiger partial charge in [0.2, 0.25) is 0 Å². The quantitative estimate of drug-likeness (QED) is 0.573. The molecule has 0 aliphatic heterocycles. The number of hydrogen-bond donors (Lipinski definition) is 1. The van der Waals surface area contributed by atoms with Crippen LogP contribution in [-0.2, 0) is 6.54 Å². The van der Waals surface area contributed by atoms with E-state index in [1.165, 1.54) is 16.7 Å². The van der Waals surface area contributed by atoms with Crippen LogP contribution >= 0.6 is 12.6 Å². The van der Waals surface area contributed by atoms with E-state index in [1.54, 1.807) is 0 Å². The maximum Gasteiger partial charge on any atom is 0.0414 e. The van der Waals surface area contributed by atoms with E-state index in [9.17, 15) is 0 Å². The predicted molar refractivity (Wildman–Crippen MR) is 61.2 cm³/mol. The van der Waals surface area contributed by atoms with Crippen LogP contribution in [0.1, 0.15) is 16.7 Å². The molecule has 0 fully saturated rings. The molecule has 0 radical (unpaired) electrons. The lowest BCUT2D eigenvalue weighted by atomic mass is 10.1. The van der Waals surface area contributed by atoms with Crippen LogP contribution in [0.5, 0.6) is 0 Å². The average Bonchev–Trinajstić information content (AvgIpc) is 2.09. The van der Waals surface area contributed by atoms with Crippen molar-refractivity contribution >= 4 is 12.6 Å². The molecule has 0 heterocycles. The summed E-state index contributed by atoms with van der Waals surface area (Å²) in [6, 6.07) is 6.58. The number of benzene rings is 1. The molecule has 2 heteroatoms. The van der Waals surface area contributed by atoms with Crippen LogP contribution < -0.4 is 0 Å². The molecule has 72 valence electrons. The summed E-state index contributed by atoms with van der Waals surface area (Å²) in [5.41, 5.74) is 4.09. The second-order valence-electron chi connectivity index (χ2n) is 3.59. The minimum Gasteiger partial charge on any atom is -0.293 e. The summed E-state index contributed by atoms with van der Waals surface area (Å²) in [5.74, 6) is 0.799. The highest BCUT2D eigenvalue weighted by atomic mass is 32.1. The summed E-state index contributed by atoms with van der Waals surface area (Å²) in [6.07, 6.45) is 0. The molecule has 1 rings (SSSR count). The maximum atomic E-state index is 4.23. The van der Waals surface area contributed by atoms with Gasteiger partial charge in [-0.05, 0) is 32.0 Å². The first-order valence-electron chi connectivity index (χ1n) is 4.49. The van der Waals surface area contributed by atoms with Crippen LogP contribution in [0.3, 0.4) is 0 Å². The van der Waals surface area contributed by atoms with Crippen molar-refractivity contribution in [3.05, 3.63) is 34.9 Å². The summed E-state index contributed by atoms with van der Waals surface area (Å²) in [4.78, 5) is 2.18. The van der Waals surface area contributed by atoms with Gasteiger partial charge in [0.1, 0.15) is 0 Å². The molecular weight excluding hydrogens is 178 g/mol. The summed E-state index contributed by atoms with van der Waals surface area (Å²) in [6.45, 7) is 5.27. The zero-order valence-corrected chi connectivity index (χ0v) is 9.44. The third-order valence-corrected chi connectivity index (χ3v) is 2.66. The Morgan fingerprint density at radius 1 is 1.31 bits per heavy atom. The highest BCUT2D eigenvalue weighted by Gasteiger charge is 2.01. The highest BCUT2D eigenvalue weighted by Crippen LogP contribution is 2.12. The van der Waals surface area contributed by atoms with E-state index in [-0.39, 0.29) is 0 Å². The van der Waals surface area contributed by atoms with Gasteiger partial charge in [-0.1, -0.05) is 23.8 Å². The minimum absolute atomic E-state index is 0.799. The first-order chi connectivity index (χ1) is 6.13. The van der Waals surface area contributed by atoms with E-state index >= 15 is 0 Å². The van der Waals surface area contributed by atoms with E-state index in [2.05, 4.69) is 56.6 Å². The van der Waals surface area contributed by atoms with E-state index in [1.807, 2.05) is 0 Å². The molecule has 1 aromatic rings. The van der Waals surface area contributed by atoms with Crippen molar-refractivity contribution in [3.63, 3.8) is 0 Å². The number of hydrogen-bond acceptors (Lipinski definition) is 2. The number of rotatable bonds is 3. The first kappa shape index (κ1) is 10.6. The Kier molecular flexibility index (Phi) is 3.82. The van der Waals surface area contributed by atoms with Crippen molar-refractivity contribution in [3.8, 4) is 0 Å². The fourth-order valence-electron chi connectivity index (χ4n) is 1.36. The molecule has 0 aliphatic rings. The number of thiol groups is 1. The van der Waals surface area contributed by atoms with Crippen molar-refractivity contribution in [1.29, 1.82) is 0 Å². The highest BCUT2D eigenvalue weighted by molar-refractivity contribution is 7.80. The van der Waals surface area contributed by atoms with Gasteiger partial charge in [-0.25, -0.2) is 0 Å². The first-order valence-corrected chi connectivity index (χ1v) is 5.12. The van der Waals surface area contributed by atoms with Crippen LogP contribution in [0.15, 0.2) is 18.2 Å². The topological polar surface area (TPSA) is 3.24 Å². The molecule has 0 saturated carbocycles.